The number of benzene rings is 1. The fourth-order valence-corrected chi connectivity index (χ4v) is 3.65. The van der Waals surface area contributed by atoms with E-state index in [1.807, 2.05) is 0 Å². The van der Waals surface area contributed by atoms with Crippen molar-refractivity contribution in [3.05, 3.63) is 72.6 Å². The third-order valence-corrected chi connectivity index (χ3v) is 6.00. The number of alkyl halides is 3. The summed E-state index contributed by atoms with van der Waals surface area (Å²) >= 11 is 0. The molecule has 28 heavy (non-hydrogen) atoms. The molecule has 0 bridgehead atoms. The molecule has 0 spiro atoms. The van der Waals surface area contributed by atoms with E-state index in [0.717, 1.165) is 12.3 Å². The van der Waals surface area contributed by atoms with Crippen LogP contribution in [0.4, 0.5) is 13.2 Å². The molecule has 2 heterocycles. The Bertz CT molecular complexity index is 1060. The largest absolute Gasteiger partial charge is 0.421 e. The summed E-state index contributed by atoms with van der Waals surface area (Å²) in [5.41, 5.74) is -2.91. The van der Waals surface area contributed by atoms with Crippen LogP contribution in [0.2, 0.25) is 0 Å². The van der Waals surface area contributed by atoms with Crippen LogP contribution in [0.5, 0.6) is 0 Å². The summed E-state index contributed by atoms with van der Waals surface area (Å²) in [5.74, 6) is 0. The average molecular weight is 408 g/mol. The Morgan fingerprint density at radius 2 is 1.39 bits per heavy atom. The monoisotopic (exact) mass is 408 g/mol. The summed E-state index contributed by atoms with van der Waals surface area (Å²) in [5, 5.41) is 9.67. The molecule has 0 fully saturated rings. The lowest BCUT2D eigenvalue weighted by molar-refractivity contribution is -0.259. The van der Waals surface area contributed by atoms with Gasteiger partial charge in [0.15, 0.2) is 5.60 Å². The van der Waals surface area contributed by atoms with Gasteiger partial charge in [0, 0.05) is 18.0 Å². The van der Waals surface area contributed by atoms with Gasteiger partial charge in [-0.1, -0.05) is 24.3 Å². The number of rotatable bonds is 4. The quantitative estimate of drug-likeness (QED) is 0.711. The Morgan fingerprint density at radius 1 is 0.821 bits per heavy atom. The second-order valence-electron chi connectivity index (χ2n) is 6.20. The van der Waals surface area contributed by atoms with E-state index in [1.54, 1.807) is 18.2 Å². The lowest BCUT2D eigenvalue weighted by atomic mass is 9.97. The standard InChI is InChI=1S/C19H15F3N2O3S/c1-18(25,19(20,21)22)13-7-9-16(23-11-13)17-10-8-15(12-24-17)28(26,27)14-5-3-2-4-6-14/h2-12,25H,1H3. The maximum Gasteiger partial charge on any atom is 0.421 e. The van der Waals surface area contributed by atoms with Crippen molar-refractivity contribution in [3.63, 3.8) is 0 Å². The highest BCUT2D eigenvalue weighted by Gasteiger charge is 2.51. The summed E-state index contributed by atoms with van der Waals surface area (Å²) in [7, 11) is -3.72. The van der Waals surface area contributed by atoms with Crippen LogP contribution in [0.15, 0.2) is 76.8 Å². The van der Waals surface area contributed by atoms with Crippen LogP contribution in [0, 0.1) is 0 Å². The van der Waals surface area contributed by atoms with E-state index in [1.165, 1.54) is 36.5 Å². The van der Waals surface area contributed by atoms with Crippen molar-refractivity contribution in [1.29, 1.82) is 0 Å². The van der Waals surface area contributed by atoms with Crippen molar-refractivity contribution in [1.82, 2.24) is 9.97 Å². The number of aliphatic hydroxyl groups is 1. The van der Waals surface area contributed by atoms with Gasteiger partial charge in [-0.2, -0.15) is 13.2 Å². The molecular formula is C19H15F3N2O3S. The predicted molar refractivity (Wildman–Crippen MR) is 95.0 cm³/mol. The van der Waals surface area contributed by atoms with Gasteiger partial charge < -0.3 is 5.11 Å². The second-order valence-corrected chi connectivity index (χ2v) is 8.15. The van der Waals surface area contributed by atoms with E-state index in [2.05, 4.69) is 9.97 Å². The zero-order valence-electron chi connectivity index (χ0n) is 14.6. The van der Waals surface area contributed by atoms with Gasteiger partial charge in [-0.05, 0) is 37.3 Å². The number of nitrogens with zero attached hydrogens (tertiary/aromatic N) is 2. The normalized spacial score (nSPS) is 14.5. The Kier molecular flexibility index (Phi) is 4.99. The molecule has 0 radical (unpaired) electrons. The van der Waals surface area contributed by atoms with Crippen molar-refractivity contribution in [2.45, 2.75) is 28.5 Å². The van der Waals surface area contributed by atoms with Gasteiger partial charge in [-0.25, -0.2) is 8.42 Å². The lowest BCUT2D eigenvalue weighted by Crippen LogP contribution is -2.39. The van der Waals surface area contributed by atoms with Crippen LogP contribution >= 0.6 is 0 Å². The van der Waals surface area contributed by atoms with E-state index < -0.39 is 27.2 Å². The van der Waals surface area contributed by atoms with E-state index in [9.17, 15) is 26.7 Å². The molecule has 3 aromatic rings. The maximum atomic E-state index is 12.9. The van der Waals surface area contributed by atoms with Gasteiger partial charge in [-0.15, -0.1) is 0 Å². The summed E-state index contributed by atoms with van der Waals surface area (Å²) in [4.78, 5) is 8.07. The minimum Gasteiger partial charge on any atom is -0.376 e. The summed E-state index contributed by atoms with van der Waals surface area (Å²) in [6.07, 6.45) is -2.76. The van der Waals surface area contributed by atoms with Crippen LogP contribution in [0.1, 0.15) is 12.5 Å². The Morgan fingerprint density at radius 3 is 1.86 bits per heavy atom. The molecule has 0 aliphatic heterocycles. The SMILES string of the molecule is CC(O)(c1ccc(-c2ccc(S(=O)(=O)c3ccccc3)cn2)nc1)C(F)(F)F. The first-order valence-corrected chi connectivity index (χ1v) is 9.54. The van der Waals surface area contributed by atoms with Crippen LogP contribution in [0.25, 0.3) is 11.4 Å². The van der Waals surface area contributed by atoms with Gasteiger partial charge >= 0.3 is 6.18 Å². The predicted octanol–water partition coefficient (Wildman–Crippen LogP) is 3.75. The van der Waals surface area contributed by atoms with Crippen LogP contribution < -0.4 is 0 Å². The Labute approximate surface area is 159 Å². The van der Waals surface area contributed by atoms with Crippen LogP contribution in [-0.4, -0.2) is 29.7 Å². The highest BCUT2D eigenvalue weighted by Crippen LogP contribution is 2.38. The molecule has 0 aliphatic carbocycles. The van der Waals surface area contributed by atoms with Crippen LogP contribution in [0.3, 0.4) is 0 Å². The number of sulfone groups is 1. The highest BCUT2D eigenvalue weighted by molar-refractivity contribution is 7.91. The molecule has 2 aromatic heterocycles. The Hall–Kier alpha value is -2.78. The van der Waals surface area contributed by atoms with Gasteiger partial charge in [0.1, 0.15) is 0 Å². The first-order chi connectivity index (χ1) is 13.0. The molecule has 1 atom stereocenters. The third-order valence-electron chi connectivity index (χ3n) is 4.24. The zero-order chi connectivity index (χ0) is 20.6. The lowest BCUT2D eigenvalue weighted by Gasteiger charge is -2.26. The van der Waals surface area contributed by atoms with Crippen molar-refractivity contribution in [3.8, 4) is 11.4 Å². The van der Waals surface area contributed by atoms with Gasteiger partial charge in [0.2, 0.25) is 9.84 Å². The Balaban J connectivity index is 1.89. The maximum absolute atomic E-state index is 12.9. The minimum atomic E-state index is -4.85. The number of aromatic nitrogens is 2. The number of hydrogen-bond donors (Lipinski definition) is 1. The summed E-state index contributed by atoms with van der Waals surface area (Å²) in [6.45, 7) is 0.644. The fraction of sp³-hybridized carbons (Fsp3) is 0.158. The molecule has 0 aliphatic rings. The molecular weight excluding hydrogens is 393 g/mol. The number of hydrogen-bond acceptors (Lipinski definition) is 5. The zero-order valence-corrected chi connectivity index (χ0v) is 15.4. The van der Waals surface area contributed by atoms with E-state index in [0.29, 0.717) is 6.92 Å². The summed E-state index contributed by atoms with van der Waals surface area (Å²) < 4.78 is 63.8. The topological polar surface area (TPSA) is 80.1 Å². The van der Waals surface area contributed by atoms with Gasteiger partial charge in [0.05, 0.1) is 21.2 Å². The van der Waals surface area contributed by atoms with Gasteiger partial charge in [0.25, 0.3) is 0 Å². The molecule has 9 heteroatoms. The van der Waals surface area contributed by atoms with Crippen LogP contribution in [-0.2, 0) is 15.4 Å². The highest BCUT2D eigenvalue weighted by atomic mass is 32.2. The van der Waals surface area contributed by atoms with Crippen molar-refractivity contribution >= 4 is 9.84 Å². The molecule has 5 nitrogen and oxygen atoms in total. The number of halogens is 3. The molecule has 0 saturated carbocycles. The molecule has 1 N–H and O–H groups in total. The third kappa shape index (κ3) is 3.63. The van der Waals surface area contributed by atoms with Crippen molar-refractivity contribution in [2.75, 3.05) is 0 Å². The van der Waals surface area contributed by atoms with E-state index in [4.69, 9.17) is 0 Å². The average Bonchev–Trinajstić information content (AvgIpc) is 2.68. The molecule has 0 saturated heterocycles. The molecule has 3 rings (SSSR count). The van der Waals surface area contributed by atoms with Crippen molar-refractivity contribution in [2.24, 2.45) is 0 Å². The van der Waals surface area contributed by atoms with Crippen molar-refractivity contribution < 1.29 is 26.7 Å². The first-order valence-electron chi connectivity index (χ1n) is 8.06. The smallest absolute Gasteiger partial charge is 0.376 e. The fourth-order valence-electron chi connectivity index (χ4n) is 2.42. The van der Waals surface area contributed by atoms with E-state index >= 15 is 0 Å². The molecule has 146 valence electrons. The molecule has 0 amide bonds. The minimum absolute atomic E-state index is 0.0147. The second kappa shape index (κ2) is 6.99. The molecule has 1 aromatic carbocycles. The number of pyridine rings is 2. The first kappa shape index (κ1) is 20.0. The van der Waals surface area contributed by atoms with E-state index in [-0.39, 0.29) is 21.2 Å². The molecule has 1 unspecified atom stereocenters. The summed E-state index contributed by atoms with van der Waals surface area (Å²) in [6, 6.07) is 13.0. The van der Waals surface area contributed by atoms with Gasteiger partial charge in [-0.3, -0.25) is 9.97 Å².